The van der Waals surface area contributed by atoms with Crippen LogP contribution >= 0.6 is 0 Å². The number of rotatable bonds is 3. The second-order valence-corrected chi connectivity index (χ2v) is 5.56. The molecule has 1 aromatic carbocycles. The van der Waals surface area contributed by atoms with Crippen molar-refractivity contribution in [2.24, 2.45) is 5.73 Å². The van der Waals surface area contributed by atoms with Crippen molar-refractivity contribution in [3.05, 3.63) is 41.3 Å². The highest BCUT2D eigenvalue weighted by molar-refractivity contribution is 5.64. The second-order valence-electron chi connectivity index (χ2n) is 5.56. The van der Waals surface area contributed by atoms with Gasteiger partial charge in [0.1, 0.15) is 11.6 Å². The van der Waals surface area contributed by atoms with Crippen LogP contribution in [0.2, 0.25) is 0 Å². The highest BCUT2D eigenvalue weighted by atomic mass is 16.5. The number of benzene rings is 1. The average molecular weight is 269 g/mol. The Bertz CT molecular complexity index is 640. The van der Waals surface area contributed by atoms with Crippen molar-refractivity contribution < 1.29 is 4.74 Å². The maximum Gasteiger partial charge on any atom is 0.148 e. The standard InChI is InChI=1S/C16H19N3O/c1-10-8-12(9-11(2)14(10)20-3)13-4-7-18-15(19-13)16(17)5-6-16/h4,7-9H,5-6,17H2,1-3H3. The number of aryl methyl sites for hydroxylation is 2. The van der Waals surface area contributed by atoms with Gasteiger partial charge in [0.2, 0.25) is 0 Å². The maximum atomic E-state index is 6.18. The smallest absolute Gasteiger partial charge is 0.148 e. The molecule has 0 saturated heterocycles. The lowest BCUT2D eigenvalue weighted by molar-refractivity contribution is 0.408. The van der Waals surface area contributed by atoms with E-state index in [2.05, 4.69) is 22.1 Å². The predicted octanol–water partition coefficient (Wildman–Crippen LogP) is 2.72. The van der Waals surface area contributed by atoms with E-state index in [0.29, 0.717) is 0 Å². The Labute approximate surface area is 119 Å². The molecule has 1 saturated carbocycles. The van der Waals surface area contributed by atoms with Crippen LogP contribution in [0.4, 0.5) is 0 Å². The molecule has 1 aromatic heterocycles. The van der Waals surface area contributed by atoms with Crippen molar-refractivity contribution in [1.29, 1.82) is 0 Å². The topological polar surface area (TPSA) is 61.0 Å². The quantitative estimate of drug-likeness (QED) is 0.930. The Morgan fingerprint density at radius 3 is 2.40 bits per heavy atom. The molecule has 2 N–H and O–H groups in total. The zero-order valence-corrected chi connectivity index (χ0v) is 12.1. The fourth-order valence-electron chi connectivity index (χ4n) is 2.54. The summed E-state index contributed by atoms with van der Waals surface area (Å²) in [4.78, 5) is 8.95. The monoisotopic (exact) mass is 269 g/mol. The molecule has 20 heavy (non-hydrogen) atoms. The molecule has 0 amide bonds. The van der Waals surface area contributed by atoms with Crippen LogP contribution in [0.5, 0.6) is 5.75 Å². The molecule has 1 aliphatic carbocycles. The molecule has 1 heterocycles. The SMILES string of the molecule is COc1c(C)cc(-c2ccnc(C3(N)CC3)n2)cc1C. The lowest BCUT2D eigenvalue weighted by atomic mass is 10.0. The summed E-state index contributed by atoms with van der Waals surface area (Å²) in [6, 6.07) is 6.11. The van der Waals surface area contributed by atoms with E-state index in [1.165, 1.54) is 0 Å². The molecule has 0 radical (unpaired) electrons. The van der Waals surface area contributed by atoms with Gasteiger partial charge in [-0.25, -0.2) is 9.97 Å². The normalized spacial score (nSPS) is 16.0. The molecular weight excluding hydrogens is 250 g/mol. The van der Waals surface area contributed by atoms with E-state index >= 15 is 0 Å². The molecule has 2 aromatic rings. The van der Waals surface area contributed by atoms with Crippen LogP contribution in [0.3, 0.4) is 0 Å². The molecule has 4 heteroatoms. The number of ether oxygens (including phenoxy) is 1. The molecule has 104 valence electrons. The van der Waals surface area contributed by atoms with Gasteiger partial charge in [-0.05, 0) is 56.0 Å². The van der Waals surface area contributed by atoms with Crippen molar-refractivity contribution in [2.45, 2.75) is 32.2 Å². The Hall–Kier alpha value is -1.94. The van der Waals surface area contributed by atoms with Crippen molar-refractivity contribution in [3.8, 4) is 17.0 Å². The third kappa shape index (κ3) is 2.16. The number of aromatic nitrogens is 2. The summed E-state index contributed by atoms with van der Waals surface area (Å²) >= 11 is 0. The lowest BCUT2D eigenvalue weighted by Gasteiger charge is -2.12. The first kappa shape index (κ1) is 13.1. The first-order chi connectivity index (χ1) is 9.53. The van der Waals surface area contributed by atoms with Crippen molar-refractivity contribution >= 4 is 0 Å². The minimum atomic E-state index is -0.299. The Morgan fingerprint density at radius 1 is 1.20 bits per heavy atom. The zero-order valence-electron chi connectivity index (χ0n) is 12.1. The highest BCUT2D eigenvalue weighted by Crippen LogP contribution is 2.41. The number of hydrogen-bond donors (Lipinski definition) is 1. The summed E-state index contributed by atoms with van der Waals surface area (Å²) in [7, 11) is 1.70. The molecule has 0 atom stereocenters. The Morgan fingerprint density at radius 2 is 1.85 bits per heavy atom. The minimum absolute atomic E-state index is 0.299. The maximum absolute atomic E-state index is 6.18. The molecule has 0 unspecified atom stereocenters. The zero-order chi connectivity index (χ0) is 14.3. The average Bonchev–Trinajstić information content (AvgIpc) is 3.18. The fraction of sp³-hybridized carbons (Fsp3) is 0.375. The predicted molar refractivity (Wildman–Crippen MR) is 78.6 cm³/mol. The molecule has 0 bridgehead atoms. The largest absolute Gasteiger partial charge is 0.496 e. The summed E-state index contributed by atoms with van der Waals surface area (Å²) in [6.45, 7) is 4.09. The molecular formula is C16H19N3O. The van der Waals surface area contributed by atoms with E-state index in [-0.39, 0.29) is 5.54 Å². The van der Waals surface area contributed by atoms with Gasteiger partial charge < -0.3 is 10.5 Å². The molecule has 1 aliphatic rings. The molecule has 1 fully saturated rings. The number of hydrogen-bond acceptors (Lipinski definition) is 4. The number of nitrogens with two attached hydrogens (primary N) is 1. The van der Waals surface area contributed by atoms with Crippen LogP contribution in [0.1, 0.15) is 29.8 Å². The molecule has 0 spiro atoms. The van der Waals surface area contributed by atoms with Crippen molar-refractivity contribution in [3.63, 3.8) is 0 Å². The molecule has 4 nitrogen and oxygen atoms in total. The van der Waals surface area contributed by atoms with Crippen LogP contribution < -0.4 is 10.5 Å². The highest BCUT2D eigenvalue weighted by Gasteiger charge is 2.43. The van der Waals surface area contributed by atoms with E-state index in [1.54, 1.807) is 13.3 Å². The van der Waals surface area contributed by atoms with E-state index in [4.69, 9.17) is 10.5 Å². The van der Waals surface area contributed by atoms with Crippen LogP contribution in [-0.2, 0) is 5.54 Å². The van der Waals surface area contributed by atoms with E-state index in [1.807, 2.05) is 19.9 Å². The number of methoxy groups -OCH3 is 1. The van der Waals surface area contributed by atoms with E-state index in [9.17, 15) is 0 Å². The van der Waals surface area contributed by atoms with Gasteiger partial charge in [-0.15, -0.1) is 0 Å². The van der Waals surface area contributed by atoms with Gasteiger partial charge in [-0.1, -0.05) is 0 Å². The molecule has 0 aliphatic heterocycles. The summed E-state index contributed by atoms with van der Waals surface area (Å²) in [5.41, 5.74) is 10.1. The third-order valence-corrected chi connectivity index (χ3v) is 3.85. The first-order valence-corrected chi connectivity index (χ1v) is 6.81. The van der Waals surface area contributed by atoms with Gasteiger partial charge in [0.05, 0.1) is 18.3 Å². The minimum Gasteiger partial charge on any atom is -0.496 e. The Kier molecular flexibility index (Phi) is 2.98. The van der Waals surface area contributed by atoms with Gasteiger partial charge >= 0.3 is 0 Å². The van der Waals surface area contributed by atoms with Gasteiger partial charge in [0.15, 0.2) is 0 Å². The van der Waals surface area contributed by atoms with E-state index < -0.39 is 0 Å². The van der Waals surface area contributed by atoms with Crippen LogP contribution in [-0.4, -0.2) is 17.1 Å². The number of nitrogens with zero attached hydrogens (tertiary/aromatic N) is 2. The van der Waals surface area contributed by atoms with Crippen LogP contribution in [0, 0.1) is 13.8 Å². The third-order valence-electron chi connectivity index (χ3n) is 3.85. The summed E-state index contributed by atoms with van der Waals surface area (Å²) in [5, 5.41) is 0. The molecule has 3 rings (SSSR count). The Balaban J connectivity index is 2.05. The summed E-state index contributed by atoms with van der Waals surface area (Å²) < 4.78 is 5.40. The fourth-order valence-corrected chi connectivity index (χ4v) is 2.54. The summed E-state index contributed by atoms with van der Waals surface area (Å²) in [5.74, 6) is 1.68. The van der Waals surface area contributed by atoms with Crippen molar-refractivity contribution in [1.82, 2.24) is 9.97 Å². The van der Waals surface area contributed by atoms with Crippen LogP contribution in [0.25, 0.3) is 11.3 Å². The lowest BCUT2D eigenvalue weighted by Crippen LogP contribution is -2.22. The van der Waals surface area contributed by atoms with E-state index in [0.717, 1.165) is 46.8 Å². The van der Waals surface area contributed by atoms with Gasteiger partial charge in [-0.3, -0.25) is 0 Å². The van der Waals surface area contributed by atoms with Crippen LogP contribution in [0.15, 0.2) is 24.4 Å². The van der Waals surface area contributed by atoms with Gasteiger partial charge in [-0.2, -0.15) is 0 Å². The first-order valence-electron chi connectivity index (χ1n) is 6.81. The summed E-state index contributed by atoms with van der Waals surface area (Å²) in [6.07, 6.45) is 3.73. The van der Waals surface area contributed by atoms with Gasteiger partial charge in [0, 0.05) is 11.8 Å². The second kappa shape index (κ2) is 4.56. The van der Waals surface area contributed by atoms with Crippen molar-refractivity contribution in [2.75, 3.05) is 7.11 Å². The van der Waals surface area contributed by atoms with Gasteiger partial charge in [0.25, 0.3) is 0 Å².